The number of hydrogen-bond acceptors (Lipinski definition) is 8. The maximum absolute atomic E-state index is 12.0. The molecule has 5 rings (SSSR count). The van der Waals surface area contributed by atoms with Gasteiger partial charge in [-0.05, 0) is 55.6 Å². The van der Waals surface area contributed by atoms with Gasteiger partial charge in [0.15, 0.2) is 18.2 Å². The van der Waals surface area contributed by atoms with Crippen LogP contribution in [0.15, 0.2) is 60.0 Å². The number of fused-ring (bicyclic) bond motifs is 1. The molecule has 8 nitrogen and oxygen atoms in total. The van der Waals surface area contributed by atoms with Crippen molar-refractivity contribution in [1.29, 1.82) is 0 Å². The quantitative estimate of drug-likeness (QED) is 0.329. The van der Waals surface area contributed by atoms with Crippen molar-refractivity contribution in [2.45, 2.75) is 19.9 Å². The Labute approximate surface area is 214 Å². The van der Waals surface area contributed by atoms with Gasteiger partial charge in [0.25, 0.3) is 5.91 Å². The minimum absolute atomic E-state index is 0.0394. The smallest absolute Gasteiger partial charge is 0.258 e. The van der Waals surface area contributed by atoms with E-state index in [0.29, 0.717) is 11.6 Å². The summed E-state index contributed by atoms with van der Waals surface area (Å²) in [6, 6.07) is 18.1. The molecule has 1 amide bonds. The van der Waals surface area contributed by atoms with E-state index in [9.17, 15) is 4.79 Å². The number of amides is 1. The van der Waals surface area contributed by atoms with Crippen LogP contribution in [-0.4, -0.2) is 54.7 Å². The molecule has 0 bridgehead atoms. The topological polar surface area (TPSA) is 91.4 Å². The Hall–Kier alpha value is -3.69. The van der Waals surface area contributed by atoms with Gasteiger partial charge in [-0.25, -0.2) is 9.97 Å². The number of thiophene rings is 1. The predicted octanol–water partition coefficient (Wildman–Crippen LogP) is 4.41. The van der Waals surface area contributed by atoms with E-state index in [-0.39, 0.29) is 18.6 Å². The van der Waals surface area contributed by atoms with Crippen LogP contribution in [0.5, 0.6) is 5.75 Å². The predicted molar refractivity (Wildman–Crippen MR) is 146 cm³/mol. The zero-order valence-corrected chi connectivity index (χ0v) is 21.3. The van der Waals surface area contributed by atoms with Crippen molar-refractivity contribution < 1.29 is 9.53 Å². The standard InChI is InChI=1S/C27H30N6O2S/c1-18(2)29-24(34)17-35-22-8-3-5-19(15-22)26-31-23-9-14-36-25(23)27(32-26)30-20-6-4-7-21(16-20)33-12-10-28-11-13-33/h3-9,14-16,18,28H,10-13,17H2,1-2H3,(H,29,34)(H,30,31,32). The summed E-state index contributed by atoms with van der Waals surface area (Å²) in [7, 11) is 0. The molecule has 2 aromatic carbocycles. The zero-order valence-electron chi connectivity index (χ0n) is 20.5. The monoisotopic (exact) mass is 502 g/mol. The molecule has 9 heteroatoms. The van der Waals surface area contributed by atoms with Gasteiger partial charge in [0.05, 0.1) is 10.2 Å². The number of anilines is 3. The van der Waals surface area contributed by atoms with E-state index in [4.69, 9.17) is 14.7 Å². The Morgan fingerprint density at radius 2 is 1.94 bits per heavy atom. The van der Waals surface area contributed by atoms with E-state index in [2.05, 4.69) is 45.1 Å². The molecule has 0 radical (unpaired) electrons. The molecule has 3 heterocycles. The van der Waals surface area contributed by atoms with Gasteiger partial charge >= 0.3 is 0 Å². The van der Waals surface area contributed by atoms with Crippen LogP contribution in [0, 0.1) is 0 Å². The average molecular weight is 503 g/mol. The molecular weight excluding hydrogens is 472 g/mol. The van der Waals surface area contributed by atoms with E-state index >= 15 is 0 Å². The first kappa shape index (κ1) is 24.0. The highest BCUT2D eigenvalue weighted by molar-refractivity contribution is 7.17. The molecule has 36 heavy (non-hydrogen) atoms. The van der Waals surface area contributed by atoms with Crippen LogP contribution in [0.4, 0.5) is 17.2 Å². The fourth-order valence-electron chi connectivity index (χ4n) is 4.15. The number of aromatic nitrogens is 2. The second kappa shape index (κ2) is 10.9. The summed E-state index contributed by atoms with van der Waals surface area (Å²) in [4.78, 5) is 24.0. The number of rotatable bonds is 8. The zero-order chi connectivity index (χ0) is 24.9. The fraction of sp³-hybridized carbons (Fsp3) is 0.296. The maximum Gasteiger partial charge on any atom is 0.258 e. The lowest BCUT2D eigenvalue weighted by Crippen LogP contribution is -2.43. The number of carbonyl (C=O) groups excluding carboxylic acids is 1. The molecule has 2 aromatic heterocycles. The number of piperazine rings is 1. The van der Waals surface area contributed by atoms with Crippen molar-refractivity contribution in [3.8, 4) is 17.1 Å². The number of nitrogens with one attached hydrogen (secondary N) is 3. The van der Waals surface area contributed by atoms with Gasteiger partial charge in [-0.3, -0.25) is 4.79 Å². The number of ether oxygens (including phenoxy) is 1. The van der Waals surface area contributed by atoms with Gasteiger partial charge in [-0.2, -0.15) is 0 Å². The van der Waals surface area contributed by atoms with Crippen LogP contribution in [-0.2, 0) is 4.79 Å². The molecule has 1 fully saturated rings. The fourth-order valence-corrected chi connectivity index (χ4v) is 4.93. The first-order valence-electron chi connectivity index (χ1n) is 12.2. The van der Waals surface area contributed by atoms with Gasteiger partial charge in [-0.1, -0.05) is 18.2 Å². The lowest BCUT2D eigenvalue weighted by Gasteiger charge is -2.29. The summed E-state index contributed by atoms with van der Waals surface area (Å²) in [5.41, 5.74) is 3.89. The third-order valence-electron chi connectivity index (χ3n) is 5.81. The number of nitrogens with zero attached hydrogens (tertiary/aromatic N) is 3. The number of carbonyl (C=O) groups is 1. The molecule has 1 saturated heterocycles. The van der Waals surface area contributed by atoms with Gasteiger partial charge in [0.1, 0.15) is 5.75 Å². The maximum atomic E-state index is 12.0. The molecule has 1 aliphatic rings. The lowest BCUT2D eigenvalue weighted by molar-refractivity contribution is -0.123. The highest BCUT2D eigenvalue weighted by atomic mass is 32.1. The van der Waals surface area contributed by atoms with Crippen molar-refractivity contribution >= 4 is 44.7 Å². The summed E-state index contributed by atoms with van der Waals surface area (Å²) >= 11 is 1.61. The molecule has 186 valence electrons. The van der Waals surface area contributed by atoms with Crippen LogP contribution in [0.2, 0.25) is 0 Å². The summed E-state index contributed by atoms with van der Waals surface area (Å²) < 4.78 is 6.71. The van der Waals surface area contributed by atoms with Gasteiger partial charge < -0.3 is 25.6 Å². The van der Waals surface area contributed by atoms with Crippen molar-refractivity contribution in [1.82, 2.24) is 20.6 Å². The molecule has 0 saturated carbocycles. The summed E-state index contributed by atoms with van der Waals surface area (Å²) in [6.07, 6.45) is 0. The number of hydrogen-bond donors (Lipinski definition) is 3. The van der Waals surface area contributed by atoms with Crippen molar-refractivity contribution in [2.75, 3.05) is 43.0 Å². The Morgan fingerprint density at radius 3 is 2.78 bits per heavy atom. The highest BCUT2D eigenvalue weighted by Crippen LogP contribution is 2.32. The molecule has 0 spiro atoms. The first-order chi connectivity index (χ1) is 17.5. The molecule has 1 aliphatic heterocycles. The lowest BCUT2D eigenvalue weighted by atomic mass is 10.2. The van der Waals surface area contributed by atoms with Crippen LogP contribution >= 0.6 is 11.3 Å². The summed E-state index contributed by atoms with van der Waals surface area (Å²) in [5, 5.41) is 11.8. The van der Waals surface area contributed by atoms with Crippen LogP contribution < -0.4 is 25.6 Å². The third-order valence-corrected chi connectivity index (χ3v) is 6.72. The Kier molecular flexibility index (Phi) is 7.29. The van der Waals surface area contributed by atoms with Gasteiger partial charge in [0, 0.05) is 49.2 Å². The van der Waals surface area contributed by atoms with Gasteiger partial charge in [-0.15, -0.1) is 11.3 Å². The van der Waals surface area contributed by atoms with E-state index in [1.807, 2.05) is 49.6 Å². The molecule has 0 atom stereocenters. The summed E-state index contributed by atoms with van der Waals surface area (Å²) in [6.45, 7) is 7.78. The molecular formula is C27H30N6O2S. The third kappa shape index (κ3) is 5.75. The summed E-state index contributed by atoms with van der Waals surface area (Å²) in [5.74, 6) is 1.81. The van der Waals surface area contributed by atoms with Crippen molar-refractivity contribution in [2.24, 2.45) is 0 Å². The minimum atomic E-state index is -0.152. The average Bonchev–Trinajstić information content (AvgIpc) is 3.37. The van der Waals surface area contributed by atoms with Crippen LogP contribution in [0.3, 0.4) is 0 Å². The first-order valence-corrected chi connectivity index (χ1v) is 13.0. The van der Waals surface area contributed by atoms with Gasteiger partial charge in [0.2, 0.25) is 0 Å². The second-order valence-electron chi connectivity index (χ2n) is 8.98. The largest absolute Gasteiger partial charge is 0.484 e. The Morgan fingerprint density at radius 1 is 1.11 bits per heavy atom. The highest BCUT2D eigenvalue weighted by Gasteiger charge is 2.14. The SMILES string of the molecule is CC(C)NC(=O)COc1cccc(-c2nc(Nc3cccc(N4CCNCC4)c3)c3sccc3n2)c1. The normalized spacial score (nSPS) is 13.7. The van der Waals surface area contributed by atoms with Crippen LogP contribution in [0.1, 0.15) is 13.8 Å². The molecule has 3 N–H and O–H groups in total. The van der Waals surface area contributed by atoms with Crippen molar-refractivity contribution in [3.05, 3.63) is 60.0 Å². The Balaban J connectivity index is 1.39. The molecule has 0 unspecified atom stereocenters. The van der Waals surface area contributed by atoms with E-state index in [1.54, 1.807) is 11.3 Å². The molecule has 0 aliphatic carbocycles. The second-order valence-corrected chi connectivity index (χ2v) is 9.90. The van der Waals surface area contributed by atoms with Crippen LogP contribution in [0.25, 0.3) is 21.6 Å². The van der Waals surface area contributed by atoms with E-state index < -0.39 is 0 Å². The van der Waals surface area contributed by atoms with E-state index in [0.717, 1.165) is 53.5 Å². The number of benzene rings is 2. The Bertz CT molecular complexity index is 1350. The molecule has 4 aromatic rings. The van der Waals surface area contributed by atoms with Crippen molar-refractivity contribution in [3.63, 3.8) is 0 Å². The minimum Gasteiger partial charge on any atom is -0.484 e. The van der Waals surface area contributed by atoms with E-state index in [1.165, 1.54) is 5.69 Å².